The summed E-state index contributed by atoms with van der Waals surface area (Å²) in [6, 6.07) is 4.70. The quantitative estimate of drug-likeness (QED) is 0.798. The van der Waals surface area contributed by atoms with Gasteiger partial charge in [-0.25, -0.2) is 0 Å². The van der Waals surface area contributed by atoms with Crippen molar-refractivity contribution in [1.82, 2.24) is 4.98 Å². The molecule has 1 unspecified atom stereocenters. The van der Waals surface area contributed by atoms with Crippen LogP contribution in [0.4, 0.5) is 5.69 Å². The second-order valence-electron chi connectivity index (χ2n) is 5.34. The standard InChI is InChI=1S/C13H20N2/c1-13(2)7-3-5-11(9-13)15-12-6-4-8-14-10-12/h4,6,8,10-11,15H,3,5,7,9H2,1-2H3. The molecule has 0 aromatic carbocycles. The van der Waals surface area contributed by atoms with Crippen molar-refractivity contribution in [3.05, 3.63) is 24.5 Å². The molecule has 15 heavy (non-hydrogen) atoms. The maximum Gasteiger partial charge on any atom is 0.0528 e. The van der Waals surface area contributed by atoms with Gasteiger partial charge in [-0.3, -0.25) is 4.98 Å². The minimum absolute atomic E-state index is 0.498. The van der Waals surface area contributed by atoms with E-state index in [1.807, 2.05) is 18.5 Å². The van der Waals surface area contributed by atoms with Crippen LogP contribution in [-0.2, 0) is 0 Å². The molecule has 2 rings (SSSR count). The van der Waals surface area contributed by atoms with Gasteiger partial charge in [0.25, 0.3) is 0 Å². The minimum Gasteiger partial charge on any atom is -0.381 e. The fourth-order valence-corrected chi connectivity index (χ4v) is 2.51. The summed E-state index contributed by atoms with van der Waals surface area (Å²) in [5.74, 6) is 0. The Morgan fingerprint density at radius 1 is 1.47 bits per heavy atom. The lowest BCUT2D eigenvalue weighted by Crippen LogP contribution is -2.31. The lowest BCUT2D eigenvalue weighted by atomic mass is 9.75. The van der Waals surface area contributed by atoms with Crippen molar-refractivity contribution in [2.45, 2.75) is 45.6 Å². The van der Waals surface area contributed by atoms with Gasteiger partial charge in [-0.15, -0.1) is 0 Å². The number of pyridine rings is 1. The van der Waals surface area contributed by atoms with Crippen molar-refractivity contribution in [2.24, 2.45) is 5.41 Å². The van der Waals surface area contributed by atoms with Gasteiger partial charge in [0.1, 0.15) is 0 Å². The highest BCUT2D eigenvalue weighted by atomic mass is 14.9. The lowest BCUT2D eigenvalue weighted by molar-refractivity contribution is 0.229. The SMILES string of the molecule is CC1(C)CCCC(Nc2cccnc2)C1. The van der Waals surface area contributed by atoms with Crippen LogP contribution in [0.2, 0.25) is 0 Å². The number of rotatable bonds is 2. The van der Waals surface area contributed by atoms with Crippen molar-refractivity contribution in [1.29, 1.82) is 0 Å². The largest absolute Gasteiger partial charge is 0.381 e. The second-order valence-corrected chi connectivity index (χ2v) is 5.34. The number of nitrogens with one attached hydrogen (secondary N) is 1. The summed E-state index contributed by atoms with van der Waals surface area (Å²) in [7, 11) is 0. The normalized spacial score (nSPS) is 24.8. The Balaban J connectivity index is 1.95. The van der Waals surface area contributed by atoms with Gasteiger partial charge in [0, 0.05) is 18.4 Å². The molecule has 1 heterocycles. The van der Waals surface area contributed by atoms with Gasteiger partial charge in [-0.1, -0.05) is 20.3 Å². The van der Waals surface area contributed by atoms with E-state index in [4.69, 9.17) is 0 Å². The molecule has 1 aromatic heterocycles. The van der Waals surface area contributed by atoms with E-state index in [1.54, 1.807) is 0 Å². The van der Waals surface area contributed by atoms with E-state index in [2.05, 4.69) is 30.2 Å². The Morgan fingerprint density at radius 2 is 2.33 bits per heavy atom. The van der Waals surface area contributed by atoms with Gasteiger partial charge in [-0.05, 0) is 36.8 Å². The highest BCUT2D eigenvalue weighted by Gasteiger charge is 2.27. The van der Waals surface area contributed by atoms with Crippen LogP contribution in [0.3, 0.4) is 0 Å². The van der Waals surface area contributed by atoms with E-state index in [0.29, 0.717) is 11.5 Å². The van der Waals surface area contributed by atoms with E-state index in [0.717, 1.165) is 5.69 Å². The summed E-state index contributed by atoms with van der Waals surface area (Å²) in [5.41, 5.74) is 1.65. The first kappa shape index (κ1) is 10.5. The van der Waals surface area contributed by atoms with E-state index in [1.165, 1.54) is 25.7 Å². The molecule has 1 aromatic rings. The van der Waals surface area contributed by atoms with E-state index in [-0.39, 0.29) is 0 Å². The van der Waals surface area contributed by atoms with Crippen LogP contribution < -0.4 is 5.32 Å². The maximum absolute atomic E-state index is 4.12. The summed E-state index contributed by atoms with van der Waals surface area (Å²) >= 11 is 0. The third kappa shape index (κ3) is 2.95. The molecule has 0 amide bonds. The topological polar surface area (TPSA) is 24.9 Å². The molecule has 0 saturated heterocycles. The summed E-state index contributed by atoms with van der Waals surface area (Å²) in [5, 5.41) is 3.57. The average molecular weight is 204 g/mol. The molecule has 1 atom stereocenters. The van der Waals surface area contributed by atoms with E-state index in [9.17, 15) is 0 Å². The van der Waals surface area contributed by atoms with Crippen LogP contribution in [0.5, 0.6) is 0 Å². The lowest BCUT2D eigenvalue weighted by Gasteiger charge is -2.36. The number of anilines is 1. The highest BCUT2D eigenvalue weighted by Crippen LogP contribution is 2.36. The van der Waals surface area contributed by atoms with Crippen molar-refractivity contribution in [2.75, 3.05) is 5.32 Å². The van der Waals surface area contributed by atoms with Crippen LogP contribution in [0.15, 0.2) is 24.5 Å². The Labute approximate surface area is 92.1 Å². The minimum atomic E-state index is 0.498. The molecule has 82 valence electrons. The van der Waals surface area contributed by atoms with Crippen molar-refractivity contribution in [3.8, 4) is 0 Å². The number of aromatic nitrogens is 1. The fraction of sp³-hybridized carbons (Fsp3) is 0.615. The van der Waals surface area contributed by atoms with Gasteiger partial charge in [0.15, 0.2) is 0 Å². The smallest absolute Gasteiger partial charge is 0.0528 e. The van der Waals surface area contributed by atoms with E-state index >= 15 is 0 Å². The zero-order valence-electron chi connectivity index (χ0n) is 9.66. The second kappa shape index (κ2) is 4.21. The zero-order valence-corrected chi connectivity index (χ0v) is 9.66. The summed E-state index contributed by atoms with van der Waals surface area (Å²) in [6.45, 7) is 4.73. The molecule has 0 radical (unpaired) electrons. The Hall–Kier alpha value is -1.05. The maximum atomic E-state index is 4.12. The van der Waals surface area contributed by atoms with Gasteiger partial charge >= 0.3 is 0 Å². The molecular weight excluding hydrogens is 184 g/mol. The first-order chi connectivity index (χ1) is 7.16. The van der Waals surface area contributed by atoms with Crippen LogP contribution in [-0.4, -0.2) is 11.0 Å². The zero-order chi connectivity index (χ0) is 10.7. The molecule has 1 aliphatic rings. The Bertz CT molecular complexity index is 306. The van der Waals surface area contributed by atoms with Gasteiger partial charge in [-0.2, -0.15) is 0 Å². The summed E-state index contributed by atoms with van der Waals surface area (Å²) in [6.07, 6.45) is 8.97. The molecule has 0 spiro atoms. The molecule has 1 saturated carbocycles. The van der Waals surface area contributed by atoms with Gasteiger partial charge in [0.2, 0.25) is 0 Å². The third-order valence-corrected chi connectivity index (χ3v) is 3.24. The third-order valence-electron chi connectivity index (χ3n) is 3.24. The van der Waals surface area contributed by atoms with Crippen molar-refractivity contribution in [3.63, 3.8) is 0 Å². The summed E-state index contributed by atoms with van der Waals surface area (Å²) in [4.78, 5) is 4.12. The number of nitrogens with zero attached hydrogens (tertiary/aromatic N) is 1. The molecule has 1 fully saturated rings. The predicted octanol–water partition coefficient (Wildman–Crippen LogP) is 3.46. The van der Waals surface area contributed by atoms with Crippen LogP contribution in [0.1, 0.15) is 39.5 Å². The van der Waals surface area contributed by atoms with Crippen molar-refractivity contribution < 1.29 is 0 Å². The first-order valence-corrected chi connectivity index (χ1v) is 5.82. The predicted molar refractivity (Wildman–Crippen MR) is 63.9 cm³/mol. The molecular formula is C13H20N2. The Morgan fingerprint density at radius 3 is 3.00 bits per heavy atom. The fourth-order valence-electron chi connectivity index (χ4n) is 2.51. The summed E-state index contributed by atoms with van der Waals surface area (Å²) < 4.78 is 0. The monoisotopic (exact) mass is 204 g/mol. The Kier molecular flexibility index (Phi) is 2.94. The molecule has 1 N–H and O–H groups in total. The van der Waals surface area contributed by atoms with E-state index < -0.39 is 0 Å². The average Bonchev–Trinajstić information content (AvgIpc) is 2.17. The van der Waals surface area contributed by atoms with Crippen LogP contribution in [0, 0.1) is 5.41 Å². The van der Waals surface area contributed by atoms with Gasteiger partial charge in [0.05, 0.1) is 5.69 Å². The van der Waals surface area contributed by atoms with Crippen LogP contribution >= 0.6 is 0 Å². The van der Waals surface area contributed by atoms with Gasteiger partial charge < -0.3 is 5.32 Å². The first-order valence-electron chi connectivity index (χ1n) is 5.82. The molecule has 2 heteroatoms. The number of hydrogen-bond acceptors (Lipinski definition) is 2. The van der Waals surface area contributed by atoms with Crippen LogP contribution in [0.25, 0.3) is 0 Å². The highest BCUT2D eigenvalue weighted by molar-refractivity contribution is 5.40. The number of hydrogen-bond donors (Lipinski definition) is 1. The molecule has 0 aliphatic heterocycles. The van der Waals surface area contributed by atoms with Crippen molar-refractivity contribution >= 4 is 5.69 Å². The molecule has 1 aliphatic carbocycles. The molecule has 2 nitrogen and oxygen atoms in total. The molecule has 0 bridgehead atoms.